The van der Waals surface area contributed by atoms with E-state index in [1.54, 1.807) is 0 Å². The number of esters is 3. The van der Waals surface area contributed by atoms with Crippen LogP contribution in [-0.2, 0) is 42.9 Å². The molecule has 454 valence electrons. The number of carbonyl (C=O) groups is 4. The lowest BCUT2D eigenvalue weighted by atomic mass is 9.98. The Bertz CT molecular complexity index is 1650. The standard InChI is InChI=1S/C67H114O12/c1-4-7-10-13-16-19-22-25-27-29-30-32-33-36-38-41-44-47-50-53-59(68)75-56-58(77-60(69)54-51-48-45-42-40-37-34-31-28-26-23-20-17-14-11-8-5-2)57-76-67-65(63(72)62(71)64(79-67)66(73)74)78-61(70)55-52-49-46-43-39-35-24-21-18-15-12-9-6-3/h8,11,17,20-21,24-28,34,37,58,62-65,67,71-72H,4-7,9-10,12-16,18-19,22-23,29-33,35-36,38-57H2,1-3H3,(H,73,74)/b11-8-,20-17-,24-21-,27-25-,28-26-,37-34-. The van der Waals surface area contributed by atoms with Gasteiger partial charge in [0.15, 0.2) is 24.6 Å². The molecule has 6 unspecified atom stereocenters. The van der Waals surface area contributed by atoms with E-state index in [2.05, 4.69) is 93.7 Å². The summed E-state index contributed by atoms with van der Waals surface area (Å²) in [6.45, 7) is 5.85. The van der Waals surface area contributed by atoms with Crippen molar-refractivity contribution in [2.24, 2.45) is 0 Å². The number of ether oxygens (including phenoxy) is 5. The van der Waals surface area contributed by atoms with Crippen molar-refractivity contribution in [3.63, 3.8) is 0 Å². The molecule has 1 aliphatic heterocycles. The molecule has 12 nitrogen and oxygen atoms in total. The summed E-state index contributed by atoms with van der Waals surface area (Å²) in [7, 11) is 0. The predicted octanol–water partition coefficient (Wildman–Crippen LogP) is 16.9. The monoisotopic (exact) mass is 1110 g/mol. The van der Waals surface area contributed by atoms with Gasteiger partial charge in [0.2, 0.25) is 0 Å². The molecule has 1 fully saturated rings. The van der Waals surface area contributed by atoms with Gasteiger partial charge in [-0.25, -0.2) is 4.79 Å². The normalized spacial score (nSPS) is 18.3. The Labute approximate surface area is 480 Å². The Morgan fingerprint density at radius 1 is 0.430 bits per heavy atom. The van der Waals surface area contributed by atoms with Crippen molar-refractivity contribution in [1.82, 2.24) is 0 Å². The lowest BCUT2D eigenvalue weighted by molar-refractivity contribution is -0.301. The van der Waals surface area contributed by atoms with Crippen LogP contribution in [0.15, 0.2) is 72.9 Å². The molecule has 3 N–H and O–H groups in total. The summed E-state index contributed by atoms with van der Waals surface area (Å²) in [5, 5.41) is 31.5. The lowest BCUT2D eigenvalue weighted by Gasteiger charge is -2.40. The van der Waals surface area contributed by atoms with E-state index in [4.69, 9.17) is 23.7 Å². The third kappa shape index (κ3) is 44.5. The molecule has 0 saturated carbocycles. The Balaban J connectivity index is 2.68. The number of carboxylic acid groups (broad SMARTS) is 1. The number of aliphatic hydroxyl groups is 2. The number of carbonyl (C=O) groups excluding carboxylic acids is 3. The molecule has 1 aliphatic rings. The van der Waals surface area contributed by atoms with Crippen LogP contribution < -0.4 is 0 Å². The van der Waals surface area contributed by atoms with Crippen molar-refractivity contribution in [2.75, 3.05) is 13.2 Å². The van der Waals surface area contributed by atoms with Gasteiger partial charge in [-0.1, -0.05) is 222 Å². The summed E-state index contributed by atoms with van der Waals surface area (Å²) < 4.78 is 28.5. The minimum absolute atomic E-state index is 0.0460. The van der Waals surface area contributed by atoms with Crippen LogP contribution in [-0.4, -0.2) is 89.2 Å². The minimum Gasteiger partial charge on any atom is -0.479 e. The molecule has 0 radical (unpaired) electrons. The molecule has 79 heavy (non-hydrogen) atoms. The van der Waals surface area contributed by atoms with Crippen molar-refractivity contribution in [3.8, 4) is 0 Å². The van der Waals surface area contributed by atoms with E-state index in [1.807, 2.05) is 0 Å². The first-order valence-corrected chi connectivity index (χ1v) is 31.9. The average Bonchev–Trinajstić information content (AvgIpc) is 3.46. The molecule has 0 aromatic carbocycles. The second-order valence-corrected chi connectivity index (χ2v) is 21.7. The number of rotatable bonds is 54. The zero-order chi connectivity index (χ0) is 57.5. The quantitative estimate of drug-likeness (QED) is 0.0228. The van der Waals surface area contributed by atoms with Crippen molar-refractivity contribution in [3.05, 3.63) is 72.9 Å². The highest BCUT2D eigenvalue weighted by atomic mass is 16.7. The third-order valence-electron chi connectivity index (χ3n) is 14.2. The van der Waals surface area contributed by atoms with E-state index in [-0.39, 0.29) is 25.9 Å². The van der Waals surface area contributed by atoms with E-state index in [9.17, 15) is 34.5 Å². The fourth-order valence-corrected chi connectivity index (χ4v) is 9.35. The number of unbranched alkanes of at least 4 members (excludes halogenated alkanes) is 28. The number of hydrogen-bond acceptors (Lipinski definition) is 11. The molecule has 0 aromatic heterocycles. The van der Waals surface area contributed by atoms with Crippen LogP contribution in [0, 0.1) is 0 Å². The smallest absolute Gasteiger partial charge is 0.335 e. The van der Waals surface area contributed by atoms with E-state index in [0.29, 0.717) is 19.3 Å². The van der Waals surface area contributed by atoms with Gasteiger partial charge in [0.05, 0.1) is 6.61 Å². The fourth-order valence-electron chi connectivity index (χ4n) is 9.35. The van der Waals surface area contributed by atoms with Crippen LogP contribution >= 0.6 is 0 Å². The fraction of sp³-hybridized carbons (Fsp3) is 0.761. The molecule has 0 aliphatic carbocycles. The number of carboxylic acids is 1. The van der Waals surface area contributed by atoms with Crippen LogP contribution in [0.4, 0.5) is 0 Å². The van der Waals surface area contributed by atoms with Gasteiger partial charge in [0.1, 0.15) is 18.8 Å². The first-order valence-electron chi connectivity index (χ1n) is 31.9. The van der Waals surface area contributed by atoms with Crippen LogP contribution in [0.3, 0.4) is 0 Å². The number of hydrogen-bond donors (Lipinski definition) is 3. The molecule has 6 atom stereocenters. The van der Waals surface area contributed by atoms with Crippen LogP contribution in [0.1, 0.15) is 278 Å². The molecule has 0 amide bonds. The molecule has 0 aromatic rings. The van der Waals surface area contributed by atoms with E-state index in [1.165, 1.54) is 109 Å². The summed E-state index contributed by atoms with van der Waals surface area (Å²) in [5.74, 6) is -3.16. The summed E-state index contributed by atoms with van der Waals surface area (Å²) in [6.07, 6.45) is 57.2. The van der Waals surface area contributed by atoms with Crippen molar-refractivity contribution < 1.29 is 58.2 Å². The number of aliphatic carboxylic acids is 1. The van der Waals surface area contributed by atoms with Crippen molar-refractivity contribution in [1.29, 1.82) is 0 Å². The van der Waals surface area contributed by atoms with Crippen LogP contribution in [0.2, 0.25) is 0 Å². The van der Waals surface area contributed by atoms with Gasteiger partial charge in [-0.15, -0.1) is 0 Å². The van der Waals surface area contributed by atoms with Crippen LogP contribution in [0.25, 0.3) is 0 Å². The van der Waals surface area contributed by atoms with E-state index >= 15 is 0 Å². The summed E-state index contributed by atoms with van der Waals surface area (Å²) in [4.78, 5) is 51.3. The van der Waals surface area contributed by atoms with Gasteiger partial charge < -0.3 is 39.0 Å². The summed E-state index contributed by atoms with van der Waals surface area (Å²) in [6, 6.07) is 0. The summed E-state index contributed by atoms with van der Waals surface area (Å²) in [5.41, 5.74) is 0. The second-order valence-electron chi connectivity index (χ2n) is 21.7. The molecular weight excluding hydrogens is 997 g/mol. The van der Waals surface area contributed by atoms with Crippen molar-refractivity contribution >= 4 is 23.9 Å². The van der Waals surface area contributed by atoms with E-state index < -0.39 is 67.3 Å². The van der Waals surface area contributed by atoms with Crippen LogP contribution in [0.5, 0.6) is 0 Å². The Kier molecular flexibility index (Phi) is 50.7. The molecule has 1 saturated heterocycles. The highest BCUT2D eigenvalue weighted by molar-refractivity contribution is 5.74. The van der Waals surface area contributed by atoms with Gasteiger partial charge in [0, 0.05) is 19.3 Å². The lowest BCUT2D eigenvalue weighted by Crippen LogP contribution is -2.61. The number of allylic oxidation sites excluding steroid dienone is 12. The van der Waals surface area contributed by atoms with Gasteiger partial charge in [-0.2, -0.15) is 0 Å². The van der Waals surface area contributed by atoms with Gasteiger partial charge in [-0.3, -0.25) is 14.4 Å². The van der Waals surface area contributed by atoms with Gasteiger partial charge in [0.25, 0.3) is 0 Å². The Hall–Kier alpha value is -3.84. The predicted molar refractivity (Wildman–Crippen MR) is 322 cm³/mol. The molecule has 0 bridgehead atoms. The number of aliphatic hydroxyl groups excluding tert-OH is 2. The zero-order valence-electron chi connectivity index (χ0n) is 50.1. The molecule has 12 heteroatoms. The largest absolute Gasteiger partial charge is 0.479 e. The summed E-state index contributed by atoms with van der Waals surface area (Å²) >= 11 is 0. The van der Waals surface area contributed by atoms with E-state index in [0.717, 1.165) is 109 Å². The maximum atomic E-state index is 13.2. The maximum absolute atomic E-state index is 13.2. The Morgan fingerprint density at radius 3 is 1.24 bits per heavy atom. The zero-order valence-corrected chi connectivity index (χ0v) is 50.1. The maximum Gasteiger partial charge on any atom is 0.335 e. The molecule has 0 spiro atoms. The third-order valence-corrected chi connectivity index (χ3v) is 14.2. The Morgan fingerprint density at radius 2 is 0.797 bits per heavy atom. The SMILES string of the molecule is CC/C=C\C/C=C\C/C=C\C/C=C\CCCCCCC(=O)OC(COC(=O)CCCCCCCCCCC/C=C\CCCCCCCC)COC1OC(C(=O)O)C(O)C(O)C1OC(=O)CCCCCCC/C=C\CCCCCC. The minimum atomic E-state index is -1.91. The molecule has 1 rings (SSSR count). The van der Waals surface area contributed by atoms with Gasteiger partial charge >= 0.3 is 23.9 Å². The topological polar surface area (TPSA) is 175 Å². The first kappa shape index (κ1) is 73.2. The highest BCUT2D eigenvalue weighted by Crippen LogP contribution is 2.26. The highest BCUT2D eigenvalue weighted by Gasteiger charge is 2.50. The van der Waals surface area contributed by atoms with Gasteiger partial charge in [-0.05, 0) is 109 Å². The first-order chi connectivity index (χ1) is 38.6. The second kappa shape index (κ2) is 54.7. The average molecular weight is 1110 g/mol. The van der Waals surface area contributed by atoms with Crippen molar-refractivity contribution in [2.45, 2.75) is 314 Å². The molecular formula is C67H114O12. The molecule has 1 heterocycles.